The number of allylic oxidation sites excluding steroid dienone is 2. The molecule has 0 radical (unpaired) electrons. The maximum absolute atomic E-state index is 12.5. The molecule has 31 heavy (non-hydrogen) atoms. The van der Waals surface area contributed by atoms with Crippen molar-refractivity contribution in [2.24, 2.45) is 0 Å². The van der Waals surface area contributed by atoms with Crippen molar-refractivity contribution >= 4 is 23.4 Å². The highest BCUT2D eigenvalue weighted by Gasteiger charge is 2.23. The number of amides is 1. The third-order valence-electron chi connectivity index (χ3n) is 3.92. The van der Waals surface area contributed by atoms with Gasteiger partial charge in [0.05, 0.1) is 17.1 Å². The molecule has 0 aliphatic heterocycles. The lowest BCUT2D eigenvalue weighted by molar-refractivity contribution is 0.126. The van der Waals surface area contributed by atoms with E-state index in [2.05, 4.69) is 18.3 Å². The molecule has 0 bridgehead atoms. The van der Waals surface area contributed by atoms with E-state index in [1.54, 1.807) is 55.1 Å². The highest BCUT2D eigenvalue weighted by atomic mass is 35.5. The predicted octanol–water partition coefficient (Wildman–Crippen LogP) is 6.05. The van der Waals surface area contributed by atoms with Crippen LogP contribution in [0.4, 0.5) is 10.5 Å². The molecule has 0 saturated carbocycles. The van der Waals surface area contributed by atoms with Crippen LogP contribution in [0, 0.1) is 0 Å². The van der Waals surface area contributed by atoms with Gasteiger partial charge in [-0.05, 0) is 44.2 Å². The fraction of sp³-hybridized carbons (Fsp3) is 0.130. The third kappa shape index (κ3) is 5.90. The molecule has 1 heterocycles. The number of hydrogen-bond donors (Lipinski definition) is 0. The Morgan fingerprint density at radius 1 is 1.06 bits per heavy atom. The van der Waals surface area contributed by atoms with Gasteiger partial charge in [-0.1, -0.05) is 43.0 Å². The summed E-state index contributed by atoms with van der Waals surface area (Å²) in [6.07, 6.45) is 1.04. The average Bonchev–Trinajstić information content (AvgIpc) is 3.19. The van der Waals surface area contributed by atoms with Crippen LogP contribution in [0.3, 0.4) is 0 Å². The number of halogens is 1. The maximum atomic E-state index is 12.5. The third-order valence-corrected chi connectivity index (χ3v) is 4.17. The van der Waals surface area contributed by atoms with Gasteiger partial charge in [0.1, 0.15) is 12.4 Å². The van der Waals surface area contributed by atoms with E-state index in [-0.39, 0.29) is 12.4 Å². The Balaban J connectivity index is 1.78. The minimum Gasteiger partial charge on any atom is -0.472 e. The van der Waals surface area contributed by atoms with Gasteiger partial charge in [-0.3, -0.25) is 0 Å². The average molecular weight is 440 g/mol. The van der Waals surface area contributed by atoms with E-state index in [1.807, 2.05) is 24.3 Å². The molecule has 0 aliphatic carbocycles. The molecule has 3 aromatic rings. The summed E-state index contributed by atoms with van der Waals surface area (Å²) in [5.74, 6) is 0.972. The number of benzene rings is 2. The number of carbonyl (C=O) groups excluding carboxylic acids is 1. The van der Waals surface area contributed by atoms with Crippen molar-refractivity contribution < 1.29 is 19.1 Å². The lowest BCUT2D eigenvalue weighted by Crippen LogP contribution is -2.31. The molecule has 7 nitrogen and oxygen atoms in total. The molecule has 0 unspecified atom stereocenters. The van der Waals surface area contributed by atoms with Crippen LogP contribution in [0.5, 0.6) is 5.88 Å². The zero-order chi connectivity index (χ0) is 22.4. The predicted molar refractivity (Wildman–Crippen MR) is 119 cm³/mol. The standard InChI is InChI=1S/C23H22ClN3O4/c1-16(2)30-23(28)27(31-17(3)4)21-8-6-5-7-18(21)15-29-22-13-14-26(25-22)20-11-9-19(24)10-12-20/h5-14H,1,3,15H2,2,4H3. The van der Waals surface area contributed by atoms with Crippen LogP contribution >= 0.6 is 11.6 Å². The van der Waals surface area contributed by atoms with Gasteiger partial charge < -0.3 is 14.3 Å². The first-order chi connectivity index (χ1) is 14.8. The molecule has 1 aromatic heterocycles. The van der Waals surface area contributed by atoms with Crippen molar-refractivity contribution in [1.82, 2.24) is 9.78 Å². The van der Waals surface area contributed by atoms with Crippen LogP contribution in [0.15, 0.2) is 85.5 Å². The Morgan fingerprint density at radius 3 is 2.45 bits per heavy atom. The summed E-state index contributed by atoms with van der Waals surface area (Å²) in [6, 6.07) is 16.2. The van der Waals surface area contributed by atoms with Crippen LogP contribution in [0.25, 0.3) is 5.69 Å². The first kappa shape index (κ1) is 22.0. The summed E-state index contributed by atoms with van der Waals surface area (Å²) in [6.45, 7) is 10.6. The van der Waals surface area contributed by atoms with E-state index in [0.717, 1.165) is 10.8 Å². The molecule has 0 N–H and O–H groups in total. The van der Waals surface area contributed by atoms with Crippen LogP contribution in [-0.2, 0) is 16.2 Å². The summed E-state index contributed by atoms with van der Waals surface area (Å²) in [5, 5.41) is 6.08. The van der Waals surface area contributed by atoms with Gasteiger partial charge >= 0.3 is 6.09 Å². The summed E-state index contributed by atoms with van der Waals surface area (Å²) in [5.41, 5.74) is 1.99. The minimum absolute atomic E-state index is 0.143. The lowest BCUT2D eigenvalue weighted by atomic mass is 10.2. The highest BCUT2D eigenvalue weighted by molar-refractivity contribution is 6.30. The number of hydrogen-bond acceptors (Lipinski definition) is 5. The Hall–Kier alpha value is -3.71. The number of aromatic nitrogens is 2. The Labute approximate surface area is 185 Å². The summed E-state index contributed by atoms with van der Waals surface area (Å²) in [4.78, 5) is 18.0. The van der Waals surface area contributed by atoms with Crippen molar-refractivity contribution in [3.05, 3.63) is 96.1 Å². The number of para-hydroxylation sites is 1. The number of rotatable bonds is 8. The monoisotopic (exact) mass is 439 g/mol. The molecule has 2 aromatic carbocycles. The minimum atomic E-state index is -0.741. The molecule has 1 amide bonds. The van der Waals surface area contributed by atoms with Crippen molar-refractivity contribution in [1.29, 1.82) is 0 Å². The van der Waals surface area contributed by atoms with Crippen LogP contribution in [0.2, 0.25) is 5.02 Å². The van der Waals surface area contributed by atoms with Crippen molar-refractivity contribution in [3.8, 4) is 11.6 Å². The van der Waals surface area contributed by atoms with Gasteiger partial charge in [-0.15, -0.1) is 10.2 Å². The molecule has 0 atom stereocenters. The fourth-order valence-corrected chi connectivity index (χ4v) is 2.76. The maximum Gasteiger partial charge on any atom is 0.453 e. The molecule has 3 rings (SSSR count). The van der Waals surface area contributed by atoms with Crippen LogP contribution in [0.1, 0.15) is 19.4 Å². The molecular weight excluding hydrogens is 418 g/mol. The number of ether oxygens (including phenoxy) is 2. The first-order valence-corrected chi connectivity index (χ1v) is 9.74. The molecule has 0 saturated heterocycles. The van der Waals surface area contributed by atoms with Crippen LogP contribution < -0.4 is 9.80 Å². The fourth-order valence-electron chi connectivity index (χ4n) is 2.64. The smallest absolute Gasteiger partial charge is 0.453 e. The zero-order valence-electron chi connectivity index (χ0n) is 17.2. The molecule has 0 fully saturated rings. The van der Waals surface area contributed by atoms with E-state index >= 15 is 0 Å². The van der Waals surface area contributed by atoms with Gasteiger partial charge in [0, 0.05) is 22.8 Å². The molecule has 160 valence electrons. The second kappa shape index (κ2) is 9.86. The van der Waals surface area contributed by atoms with Gasteiger partial charge in [0.15, 0.2) is 0 Å². The van der Waals surface area contributed by atoms with E-state index in [1.165, 1.54) is 0 Å². The summed E-state index contributed by atoms with van der Waals surface area (Å²) < 4.78 is 12.6. The van der Waals surface area contributed by atoms with Gasteiger partial charge in [0.2, 0.25) is 5.88 Å². The zero-order valence-corrected chi connectivity index (χ0v) is 18.0. The first-order valence-electron chi connectivity index (χ1n) is 9.36. The van der Waals surface area contributed by atoms with Gasteiger partial charge in [-0.2, -0.15) is 0 Å². The van der Waals surface area contributed by atoms with E-state index in [0.29, 0.717) is 27.9 Å². The molecule has 0 spiro atoms. The second-order valence-corrected chi connectivity index (χ2v) is 7.09. The SMILES string of the molecule is C=C(C)OC(=O)N(OC(=C)C)c1ccccc1COc1ccn(-c2ccc(Cl)cc2)n1. The number of anilines is 1. The van der Waals surface area contributed by atoms with Crippen molar-refractivity contribution in [3.63, 3.8) is 0 Å². The highest BCUT2D eigenvalue weighted by Crippen LogP contribution is 2.25. The summed E-state index contributed by atoms with van der Waals surface area (Å²) in [7, 11) is 0. The second-order valence-electron chi connectivity index (χ2n) is 6.65. The Morgan fingerprint density at radius 2 is 1.77 bits per heavy atom. The van der Waals surface area contributed by atoms with Crippen LogP contribution in [-0.4, -0.2) is 15.9 Å². The molecule has 0 aliphatic rings. The van der Waals surface area contributed by atoms with Crippen molar-refractivity contribution in [2.45, 2.75) is 20.5 Å². The Kier molecular flexibility index (Phi) is 6.99. The lowest BCUT2D eigenvalue weighted by Gasteiger charge is -2.23. The number of carbonyl (C=O) groups is 1. The number of nitrogens with zero attached hydrogens (tertiary/aromatic N) is 3. The largest absolute Gasteiger partial charge is 0.472 e. The molecular formula is C23H22ClN3O4. The topological polar surface area (TPSA) is 65.8 Å². The van der Waals surface area contributed by atoms with Gasteiger partial charge in [0.25, 0.3) is 0 Å². The van der Waals surface area contributed by atoms with Gasteiger partial charge in [-0.25, -0.2) is 9.48 Å². The normalized spacial score (nSPS) is 10.3. The quantitative estimate of drug-likeness (QED) is 0.316. The number of hydroxylamine groups is 1. The Bertz CT molecular complexity index is 1090. The van der Waals surface area contributed by atoms with E-state index < -0.39 is 6.09 Å². The van der Waals surface area contributed by atoms with Crippen molar-refractivity contribution in [2.75, 3.05) is 5.06 Å². The van der Waals surface area contributed by atoms with E-state index in [4.69, 9.17) is 25.9 Å². The van der Waals surface area contributed by atoms with E-state index in [9.17, 15) is 4.79 Å². The summed E-state index contributed by atoms with van der Waals surface area (Å²) >= 11 is 5.93. The molecule has 8 heteroatoms.